The topological polar surface area (TPSA) is 102 Å². The third-order valence-electron chi connectivity index (χ3n) is 5.08. The Morgan fingerprint density at radius 3 is 2.93 bits per heavy atom. The van der Waals surface area contributed by atoms with E-state index in [4.69, 9.17) is 10.8 Å². The van der Waals surface area contributed by atoms with Gasteiger partial charge in [-0.05, 0) is 30.9 Å². The average Bonchev–Trinajstić information content (AvgIpc) is 3.12. The van der Waals surface area contributed by atoms with Crippen molar-refractivity contribution in [3.05, 3.63) is 41.7 Å². The molecule has 7 heteroatoms. The summed E-state index contributed by atoms with van der Waals surface area (Å²) < 4.78 is 1.89. The second kappa shape index (κ2) is 5.97. The second-order valence-corrected chi connectivity index (χ2v) is 7.95. The Kier molecular flexibility index (Phi) is 3.83. The van der Waals surface area contributed by atoms with Crippen LogP contribution in [0.3, 0.4) is 0 Å². The number of nitrogens with two attached hydrogens (primary N) is 1. The first-order chi connectivity index (χ1) is 12.8. The molecular formula is C20H24N6O. The number of fused-ring (bicyclic) bond motifs is 2. The first kappa shape index (κ1) is 17.3. The van der Waals surface area contributed by atoms with Gasteiger partial charge in [-0.15, -0.1) is 6.58 Å². The predicted octanol–water partition coefficient (Wildman–Crippen LogP) is 3.39. The fourth-order valence-corrected chi connectivity index (χ4v) is 3.96. The van der Waals surface area contributed by atoms with E-state index in [0.29, 0.717) is 18.8 Å². The second-order valence-electron chi connectivity index (χ2n) is 7.95. The molecule has 2 heterocycles. The van der Waals surface area contributed by atoms with E-state index in [-0.39, 0.29) is 11.2 Å². The number of ketones is 1. The molecule has 0 aliphatic heterocycles. The number of Topliss-reactive ketones (excluding diaryl/α,β-unsaturated/α-hetero) is 1. The maximum absolute atomic E-state index is 12.7. The molecule has 0 bridgehead atoms. The highest BCUT2D eigenvalue weighted by molar-refractivity contribution is 6.02. The smallest absolute Gasteiger partial charge is 0.167 e. The van der Waals surface area contributed by atoms with Crippen LogP contribution in [0.25, 0.3) is 16.6 Å². The molecule has 4 rings (SSSR count). The lowest BCUT2D eigenvalue weighted by Gasteiger charge is -2.29. The Hall–Kier alpha value is -3.09. The van der Waals surface area contributed by atoms with Crippen molar-refractivity contribution in [2.75, 3.05) is 17.6 Å². The Bertz CT molecular complexity index is 1070. The third-order valence-corrected chi connectivity index (χ3v) is 5.08. The van der Waals surface area contributed by atoms with Crippen LogP contribution in [0.5, 0.6) is 0 Å². The normalized spacial score (nSPS) is 15.7. The molecule has 0 unspecified atom stereocenters. The molecule has 0 atom stereocenters. The highest BCUT2D eigenvalue weighted by Gasteiger charge is 2.35. The molecule has 27 heavy (non-hydrogen) atoms. The molecular weight excluding hydrogens is 340 g/mol. The maximum Gasteiger partial charge on any atom is 0.167 e. The number of hydrogen-bond acceptors (Lipinski definition) is 5. The van der Waals surface area contributed by atoms with Crippen LogP contribution in [0.2, 0.25) is 0 Å². The SMILES string of the molecule is C=CCNc1cc(-n2nc(C)c3c2CC(C)(C)CC3=O)cc2[nH]nc(N)c12. The number of nitrogen functional groups attached to an aromatic ring is 1. The first-order valence-corrected chi connectivity index (χ1v) is 9.05. The van der Waals surface area contributed by atoms with Gasteiger partial charge in [0.2, 0.25) is 0 Å². The van der Waals surface area contributed by atoms with Gasteiger partial charge in [0.15, 0.2) is 11.6 Å². The summed E-state index contributed by atoms with van der Waals surface area (Å²) in [5.74, 6) is 0.611. The first-order valence-electron chi connectivity index (χ1n) is 9.05. The van der Waals surface area contributed by atoms with Crippen molar-refractivity contribution in [3.63, 3.8) is 0 Å². The van der Waals surface area contributed by atoms with Gasteiger partial charge in [0.25, 0.3) is 0 Å². The summed E-state index contributed by atoms with van der Waals surface area (Å²) in [6.45, 7) is 10.5. The molecule has 1 aliphatic carbocycles. The Balaban J connectivity index is 1.92. The number of rotatable bonds is 4. The fourth-order valence-electron chi connectivity index (χ4n) is 3.96. The van der Waals surface area contributed by atoms with Crippen LogP contribution in [-0.4, -0.2) is 32.3 Å². The van der Waals surface area contributed by atoms with E-state index in [0.717, 1.165) is 45.6 Å². The summed E-state index contributed by atoms with van der Waals surface area (Å²) in [5, 5.41) is 16.0. The molecule has 2 aromatic heterocycles. The van der Waals surface area contributed by atoms with Crippen molar-refractivity contribution < 1.29 is 4.79 Å². The number of H-pyrrole nitrogens is 1. The van der Waals surface area contributed by atoms with E-state index >= 15 is 0 Å². The lowest BCUT2D eigenvalue weighted by atomic mass is 9.75. The van der Waals surface area contributed by atoms with E-state index in [2.05, 4.69) is 35.9 Å². The third kappa shape index (κ3) is 2.79. The van der Waals surface area contributed by atoms with Crippen molar-refractivity contribution in [1.82, 2.24) is 20.0 Å². The summed E-state index contributed by atoms with van der Waals surface area (Å²) >= 11 is 0. The van der Waals surface area contributed by atoms with Gasteiger partial charge in [0.1, 0.15) is 0 Å². The average molecular weight is 364 g/mol. The van der Waals surface area contributed by atoms with E-state index in [1.54, 1.807) is 6.08 Å². The molecule has 7 nitrogen and oxygen atoms in total. The minimum Gasteiger partial charge on any atom is -0.382 e. The van der Waals surface area contributed by atoms with Crippen LogP contribution < -0.4 is 11.1 Å². The summed E-state index contributed by atoms with van der Waals surface area (Å²) in [7, 11) is 0. The van der Waals surface area contributed by atoms with Gasteiger partial charge in [0, 0.05) is 18.7 Å². The number of benzene rings is 1. The van der Waals surface area contributed by atoms with Crippen molar-refractivity contribution in [3.8, 4) is 5.69 Å². The lowest BCUT2D eigenvalue weighted by Crippen LogP contribution is -2.28. The van der Waals surface area contributed by atoms with Crippen LogP contribution in [0, 0.1) is 12.3 Å². The van der Waals surface area contributed by atoms with Gasteiger partial charge in [-0.2, -0.15) is 10.2 Å². The van der Waals surface area contributed by atoms with Gasteiger partial charge in [-0.3, -0.25) is 9.89 Å². The molecule has 0 fully saturated rings. The number of hydrogen-bond donors (Lipinski definition) is 3. The molecule has 0 saturated heterocycles. The zero-order valence-corrected chi connectivity index (χ0v) is 15.9. The summed E-state index contributed by atoms with van der Waals surface area (Å²) in [5.41, 5.74) is 11.0. The molecule has 4 N–H and O–H groups in total. The summed E-state index contributed by atoms with van der Waals surface area (Å²) in [4.78, 5) is 12.7. The molecule has 0 spiro atoms. The van der Waals surface area contributed by atoms with Crippen LogP contribution >= 0.6 is 0 Å². The van der Waals surface area contributed by atoms with E-state index in [1.165, 1.54) is 0 Å². The predicted molar refractivity (Wildman–Crippen MR) is 107 cm³/mol. The minimum atomic E-state index is -0.0826. The standard InChI is InChI=1S/C20H24N6O/c1-5-6-22-13-7-12(8-14-18(13)19(21)24-23-14)26-15-9-20(3,4)10-16(27)17(15)11(2)25-26/h5,7-8,22H,1,6,9-10H2,2-4H3,(H3,21,23,24). The number of aryl methyl sites for hydroxylation is 1. The number of nitrogens with zero attached hydrogens (tertiary/aromatic N) is 3. The molecule has 0 radical (unpaired) electrons. The molecule has 0 saturated carbocycles. The number of carbonyl (C=O) groups excluding carboxylic acids is 1. The number of carbonyl (C=O) groups is 1. The molecule has 140 valence electrons. The van der Waals surface area contributed by atoms with Gasteiger partial charge in [-0.25, -0.2) is 4.68 Å². The highest BCUT2D eigenvalue weighted by Crippen LogP contribution is 2.38. The van der Waals surface area contributed by atoms with Crippen LogP contribution in [0.1, 0.15) is 42.0 Å². The Labute approximate surface area is 157 Å². The Morgan fingerprint density at radius 1 is 1.41 bits per heavy atom. The number of nitrogens with one attached hydrogen (secondary N) is 2. The van der Waals surface area contributed by atoms with E-state index < -0.39 is 0 Å². The van der Waals surface area contributed by atoms with Gasteiger partial charge in [-0.1, -0.05) is 19.9 Å². The summed E-state index contributed by atoms with van der Waals surface area (Å²) in [6, 6.07) is 3.97. The number of aromatic amines is 1. The fraction of sp³-hybridized carbons (Fsp3) is 0.350. The number of anilines is 2. The van der Waals surface area contributed by atoms with Gasteiger partial charge in [0.05, 0.1) is 33.5 Å². The molecule has 0 amide bonds. The summed E-state index contributed by atoms with van der Waals surface area (Å²) in [6.07, 6.45) is 3.14. The largest absolute Gasteiger partial charge is 0.382 e. The minimum absolute atomic E-state index is 0.0826. The van der Waals surface area contributed by atoms with Crippen molar-refractivity contribution >= 4 is 28.2 Å². The quantitative estimate of drug-likeness (QED) is 0.616. The maximum atomic E-state index is 12.7. The molecule has 1 aliphatic rings. The molecule has 1 aromatic carbocycles. The van der Waals surface area contributed by atoms with E-state index in [1.807, 2.05) is 23.7 Å². The van der Waals surface area contributed by atoms with E-state index in [9.17, 15) is 4.79 Å². The zero-order valence-electron chi connectivity index (χ0n) is 15.9. The highest BCUT2D eigenvalue weighted by atomic mass is 16.1. The van der Waals surface area contributed by atoms with Crippen LogP contribution in [0.15, 0.2) is 24.8 Å². The van der Waals surface area contributed by atoms with Crippen molar-refractivity contribution in [1.29, 1.82) is 0 Å². The van der Waals surface area contributed by atoms with Crippen molar-refractivity contribution in [2.45, 2.75) is 33.6 Å². The lowest BCUT2D eigenvalue weighted by molar-refractivity contribution is 0.0910. The van der Waals surface area contributed by atoms with Crippen LogP contribution in [-0.2, 0) is 6.42 Å². The molecule has 3 aromatic rings. The van der Waals surface area contributed by atoms with Crippen LogP contribution in [0.4, 0.5) is 11.5 Å². The van der Waals surface area contributed by atoms with Gasteiger partial charge >= 0.3 is 0 Å². The number of aromatic nitrogens is 4. The van der Waals surface area contributed by atoms with Crippen molar-refractivity contribution in [2.24, 2.45) is 5.41 Å². The monoisotopic (exact) mass is 364 g/mol. The zero-order chi connectivity index (χ0) is 19.3. The Morgan fingerprint density at radius 2 is 2.19 bits per heavy atom. The van der Waals surface area contributed by atoms with Gasteiger partial charge < -0.3 is 11.1 Å².